The van der Waals surface area contributed by atoms with Crippen LogP contribution in [0.3, 0.4) is 0 Å². The number of carboxylic acids is 1. The maximum absolute atomic E-state index is 12.7. The Balaban J connectivity index is 2.19. The predicted octanol–water partition coefficient (Wildman–Crippen LogP) is 2.26. The Kier molecular flexibility index (Phi) is 4.83. The van der Waals surface area contributed by atoms with Gasteiger partial charge in [-0.05, 0) is 37.0 Å². The fourth-order valence-electron chi connectivity index (χ4n) is 2.88. The van der Waals surface area contributed by atoms with Crippen LogP contribution in [-0.4, -0.2) is 41.6 Å². The van der Waals surface area contributed by atoms with E-state index in [9.17, 15) is 14.7 Å². The molecule has 0 bridgehead atoms. The van der Waals surface area contributed by atoms with E-state index in [-0.39, 0.29) is 11.8 Å². The normalized spacial score (nSPS) is 19.3. The van der Waals surface area contributed by atoms with Crippen molar-refractivity contribution >= 4 is 11.9 Å². The fraction of sp³-hybridized carbons (Fsp3) is 0.500. The minimum Gasteiger partial charge on any atom is -0.497 e. The number of carbonyl (C=O) groups is 2. The molecule has 0 aliphatic carbocycles. The molecule has 2 atom stereocenters. The quantitative estimate of drug-likeness (QED) is 0.903. The van der Waals surface area contributed by atoms with Gasteiger partial charge in [-0.3, -0.25) is 4.79 Å². The van der Waals surface area contributed by atoms with E-state index in [2.05, 4.69) is 0 Å². The maximum atomic E-state index is 12.7. The van der Waals surface area contributed by atoms with Crippen LogP contribution < -0.4 is 4.74 Å². The van der Waals surface area contributed by atoms with Crippen LogP contribution in [-0.2, 0) is 9.59 Å². The van der Waals surface area contributed by atoms with E-state index in [0.717, 1.165) is 17.7 Å². The van der Waals surface area contributed by atoms with Crippen molar-refractivity contribution in [2.45, 2.75) is 38.1 Å². The Hall–Kier alpha value is -2.04. The third kappa shape index (κ3) is 3.17. The van der Waals surface area contributed by atoms with Gasteiger partial charge in [-0.2, -0.15) is 0 Å². The molecular weight excluding hydrogens is 270 g/mol. The molecule has 1 N–H and O–H groups in total. The lowest BCUT2D eigenvalue weighted by molar-refractivity contribution is -0.148. The van der Waals surface area contributed by atoms with Crippen LogP contribution in [0.15, 0.2) is 24.3 Å². The van der Waals surface area contributed by atoms with Crippen molar-refractivity contribution in [3.05, 3.63) is 29.8 Å². The average molecular weight is 291 g/mol. The lowest BCUT2D eigenvalue weighted by Gasteiger charge is -2.26. The highest BCUT2D eigenvalue weighted by Gasteiger charge is 2.36. The summed E-state index contributed by atoms with van der Waals surface area (Å²) in [5.74, 6) is -0.556. The van der Waals surface area contributed by atoms with Gasteiger partial charge in [-0.15, -0.1) is 0 Å². The van der Waals surface area contributed by atoms with Crippen LogP contribution in [0.25, 0.3) is 0 Å². The lowest BCUT2D eigenvalue weighted by Crippen LogP contribution is -2.42. The minimum atomic E-state index is -0.912. The number of hydrogen-bond donors (Lipinski definition) is 1. The zero-order valence-corrected chi connectivity index (χ0v) is 12.4. The largest absolute Gasteiger partial charge is 0.497 e. The van der Waals surface area contributed by atoms with Gasteiger partial charge in [0.2, 0.25) is 5.91 Å². The topological polar surface area (TPSA) is 66.8 Å². The molecule has 1 saturated heterocycles. The molecule has 1 aromatic rings. The number of hydrogen-bond acceptors (Lipinski definition) is 3. The molecule has 1 amide bonds. The van der Waals surface area contributed by atoms with Crippen molar-refractivity contribution in [3.8, 4) is 5.75 Å². The molecule has 1 aliphatic rings. The minimum absolute atomic E-state index is 0.0902. The number of aliphatic carboxylic acids is 1. The Morgan fingerprint density at radius 3 is 2.57 bits per heavy atom. The number of carbonyl (C=O) groups excluding carboxylic acids is 1. The molecule has 1 unspecified atom stereocenters. The molecule has 1 heterocycles. The van der Waals surface area contributed by atoms with E-state index in [1.165, 1.54) is 4.90 Å². The summed E-state index contributed by atoms with van der Waals surface area (Å²) in [6.07, 6.45) is 1.94. The first kappa shape index (κ1) is 15.4. The molecule has 1 aromatic carbocycles. The van der Waals surface area contributed by atoms with E-state index in [4.69, 9.17) is 4.74 Å². The first-order valence-electron chi connectivity index (χ1n) is 7.25. The molecule has 0 saturated carbocycles. The summed E-state index contributed by atoms with van der Waals surface area (Å²) >= 11 is 0. The second-order valence-electron chi connectivity index (χ2n) is 5.26. The predicted molar refractivity (Wildman–Crippen MR) is 78.4 cm³/mol. The summed E-state index contributed by atoms with van der Waals surface area (Å²) in [4.78, 5) is 25.4. The molecule has 0 radical (unpaired) electrons. The van der Waals surface area contributed by atoms with Crippen molar-refractivity contribution in [1.82, 2.24) is 4.90 Å². The number of methoxy groups -OCH3 is 1. The Labute approximate surface area is 124 Å². The second kappa shape index (κ2) is 6.61. The summed E-state index contributed by atoms with van der Waals surface area (Å²) in [6, 6.07) is 6.71. The summed E-state index contributed by atoms with van der Waals surface area (Å²) < 4.78 is 5.12. The van der Waals surface area contributed by atoms with Crippen molar-refractivity contribution in [3.63, 3.8) is 0 Å². The highest BCUT2D eigenvalue weighted by atomic mass is 16.5. The van der Waals surface area contributed by atoms with E-state index in [0.29, 0.717) is 19.4 Å². The standard InChI is InChI=1S/C16H21NO4/c1-3-13(11-6-8-12(21-2)9-7-11)15(18)17-10-4-5-14(17)16(19)20/h6-9,13-14H,3-5,10H2,1-2H3,(H,19,20)/t13?,14-/m1/s1. The van der Waals surface area contributed by atoms with Gasteiger partial charge in [0, 0.05) is 6.54 Å². The number of rotatable bonds is 5. The summed E-state index contributed by atoms with van der Waals surface area (Å²) in [7, 11) is 1.60. The van der Waals surface area contributed by atoms with Gasteiger partial charge in [0.1, 0.15) is 11.8 Å². The summed E-state index contributed by atoms with van der Waals surface area (Å²) in [5.41, 5.74) is 0.902. The van der Waals surface area contributed by atoms with Crippen LogP contribution in [0.2, 0.25) is 0 Å². The van der Waals surface area contributed by atoms with Gasteiger partial charge < -0.3 is 14.7 Å². The molecule has 5 nitrogen and oxygen atoms in total. The van der Waals surface area contributed by atoms with E-state index in [1.807, 2.05) is 31.2 Å². The van der Waals surface area contributed by atoms with E-state index in [1.54, 1.807) is 7.11 Å². The van der Waals surface area contributed by atoms with Gasteiger partial charge in [0.05, 0.1) is 13.0 Å². The average Bonchev–Trinajstić information content (AvgIpc) is 2.98. The number of amides is 1. The lowest BCUT2D eigenvalue weighted by atomic mass is 9.94. The zero-order valence-electron chi connectivity index (χ0n) is 12.4. The number of likely N-dealkylation sites (tertiary alicyclic amines) is 1. The molecule has 114 valence electrons. The third-order valence-electron chi connectivity index (χ3n) is 4.05. The summed E-state index contributed by atoms with van der Waals surface area (Å²) in [5, 5.41) is 9.22. The zero-order chi connectivity index (χ0) is 15.4. The van der Waals surface area contributed by atoms with Crippen LogP contribution in [0.1, 0.15) is 37.7 Å². The molecule has 0 aromatic heterocycles. The SMILES string of the molecule is CCC(C(=O)N1CCC[C@@H]1C(=O)O)c1ccc(OC)cc1. The van der Waals surface area contributed by atoms with Gasteiger partial charge in [0.25, 0.3) is 0 Å². The molecule has 1 fully saturated rings. The number of ether oxygens (including phenoxy) is 1. The van der Waals surface area contributed by atoms with Crippen molar-refractivity contribution in [2.75, 3.05) is 13.7 Å². The maximum Gasteiger partial charge on any atom is 0.326 e. The third-order valence-corrected chi connectivity index (χ3v) is 4.05. The first-order valence-corrected chi connectivity index (χ1v) is 7.25. The first-order chi connectivity index (χ1) is 10.1. The highest BCUT2D eigenvalue weighted by Crippen LogP contribution is 2.28. The fourth-order valence-corrected chi connectivity index (χ4v) is 2.88. The molecule has 21 heavy (non-hydrogen) atoms. The van der Waals surface area contributed by atoms with Crippen molar-refractivity contribution < 1.29 is 19.4 Å². The number of carboxylic acid groups (broad SMARTS) is 1. The Morgan fingerprint density at radius 1 is 1.38 bits per heavy atom. The van der Waals surface area contributed by atoms with Gasteiger partial charge in [-0.1, -0.05) is 19.1 Å². The second-order valence-corrected chi connectivity index (χ2v) is 5.26. The monoisotopic (exact) mass is 291 g/mol. The van der Waals surface area contributed by atoms with Crippen molar-refractivity contribution in [1.29, 1.82) is 0 Å². The van der Waals surface area contributed by atoms with Crippen LogP contribution in [0, 0.1) is 0 Å². The van der Waals surface area contributed by atoms with E-state index < -0.39 is 12.0 Å². The molecule has 1 aliphatic heterocycles. The molecule has 5 heteroatoms. The smallest absolute Gasteiger partial charge is 0.326 e. The molecule has 0 spiro atoms. The van der Waals surface area contributed by atoms with Gasteiger partial charge >= 0.3 is 5.97 Å². The number of benzene rings is 1. The molecular formula is C16H21NO4. The highest BCUT2D eigenvalue weighted by molar-refractivity contribution is 5.88. The van der Waals surface area contributed by atoms with Crippen LogP contribution in [0.4, 0.5) is 0 Å². The van der Waals surface area contributed by atoms with Gasteiger partial charge in [0.15, 0.2) is 0 Å². The van der Waals surface area contributed by atoms with Crippen molar-refractivity contribution in [2.24, 2.45) is 0 Å². The van der Waals surface area contributed by atoms with Crippen LogP contribution in [0.5, 0.6) is 5.75 Å². The Bertz CT molecular complexity index is 512. The summed E-state index contributed by atoms with van der Waals surface area (Å²) in [6.45, 7) is 2.47. The Morgan fingerprint density at radius 2 is 2.05 bits per heavy atom. The van der Waals surface area contributed by atoms with E-state index >= 15 is 0 Å². The molecule has 2 rings (SSSR count). The van der Waals surface area contributed by atoms with Gasteiger partial charge in [-0.25, -0.2) is 4.79 Å². The van der Waals surface area contributed by atoms with Crippen LogP contribution >= 0.6 is 0 Å². The number of nitrogens with zero attached hydrogens (tertiary/aromatic N) is 1.